The molecule has 9 aromatic rings. The fourth-order valence-corrected chi connectivity index (χ4v) is 8.33. The van der Waals surface area contributed by atoms with E-state index >= 15 is 0 Å². The Balaban J connectivity index is 1.18. The second kappa shape index (κ2) is 9.96. The first-order chi connectivity index (χ1) is 23.5. The van der Waals surface area contributed by atoms with Gasteiger partial charge in [0.1, 0.15) is 12.3 Å². The maximum atomic E-state index is 4.84. The van der Waals surface area contributed by atoms with Crippen LogP contribution in [0.25, 0.3) is 54.8 Å². The van der Waals surface area contributed by atoms with E-state index in [1.165, 1.54) is 77.5 Å². The molecule has 0 saturated heterocycles. The predicted octanol–water partition coefficient (Wildman–Crippen LogP) is 10.9. The number of rotatable bonds is 3. The monoisotopic (exact) mass is 619 g/mol. The van der Waals surface area contributed by atoms with Gasteiger partial charge in [0.2, 0.25) is 0 Å². The Kier molecular flexibility index (Phi) is 5.62. The van der Waals surface area contributed by atoms with Crippen molar-refractivity contribution in [3.8, 4) is 5.69 Å². The first kappa shape index (κ1) is 27.1. The van der Waals surface area contributed by atoms with Crippen LogP contribution in [0.1, 0.15) is 16.7 Å². The third kappa shape index (κ3) is 3.76. The lowest BCUT2D eigenvalue weighted by molar-refractivity contribution is 0.977. The highest BCUT2D eigenvalue weighted by molar-refractivity contribution is 6.20. The van der Waals surface area contributed by atoms with Gasteiger partial charge in [-0.25, -0.2) is 4.98 Å². The van der Waals surface area contributed by atoms with Crippen molar-refractivity contribution in [1.82, 2.24) is 14.0 Å². The van der Waals surface area contributed by atoms with E-state index in [9.17, 15) is 0 Å². The number of benzene rings is 6. The van der Waals surface area contributed by atoms with Crippen molar-refractivity contribution in [2.45, 2.75) is 20.8 Å². The molecule has 230 valence electrons. The van der Waals surface area contributed by atoms with Crippen LogP contribution in [0.4, 0.5) is 22.7 Å². The molecule has 0 bridgehead atoms. The molecule has 1 aliphatic heterocycles. The number of para-hydroxylation sites is 4. The van der Waals surface area contributed by atoms with Crippen LogP contribution in [0.3, 0.4) is 0 Å². The molecular weight excluding hydrogens is 587 g/mol. The molecule has 0 aliphatic carbocycles. The number of imidazole rings is 1. The molecule has 4 heterocycles. The van der Waals surface area contributed by atoms with E-state index in [1.807, 2.05) is 6.20 Å². The van der Waals surface area contributed by atoms with E-state index < -0.39 is 0 Å². The summed E-state index contributed by atoms with van der Waals surface area (Å²) in [7, 11) is 0. The van der Waals surface area contributed by atoms with Crippen LogP contribution in [0, 0.1) is 20.8 Å². The van der Waals surface area contributed by atoms with Crippen LogP contribution in [-0.4, -0.2) is 20.6 Å². The molecule has 0 radical (unpaired) electrons. The van der Waals surface area contributed by atoms with Crippen molar-refractivity contribution < 1.29 is 0 Å². The Morgan fingerprint density at radius 3 is 1.98 bits per heavy atom. The highest BCUT2D eigenvalue weighted by atomic mass is 15.4. The zero-order valence-electron chi connectivity index (χ0n) is 27.1. The number of hydrogen-bond acceptors (Lipinski definition) is 3. The van der Waals surface area contributed by atoms with Crippen molar-refractivity contribution in [3.05, 3.63) is 150 Å². The minimum atomic E-state index is 0.746. The molecule has 10 rings (SSSR count). The minimum Gasteiger partial charge on any atom is -0.321 e. The normalized spacial score (nSPS) is 13.1. The topological polar surface area (TPSA) is 28.7 Å². The van der Waals surface area contributed by atoms with E-state index in [0.717, 1.165) is 23.4 Å². The standard InChI is InChI=1S/C43H33N5/c1-27-21-28(2)42(29(3)22-27)47-26-46(39-17-8-9-18-40(39)47)30-11-10-12-31(23-30)48-38-16-7-5-14-33(38)35-24-34-32-13-4-6-15-37(32)45-20-19-44-43(45)36(34)25-41(35)48/h4-25H,26H2,1-3H3. The molecule has 3 aromatic heterocycles. The second-order valence-corrected chi connectivity index (χ2v) is 13.2. The molecule has 1 aliphatic rings. The smallest absolute Gasteiger partial charge is 0.145 e. The van der Waals surface area contributed by atoms with Gasteiger partial charge >= 0.3 is 0 Å². The Bertz CT molecular complexity index is 2740. The van der Waals surface area contributed by atoms with Crippen molar-refractivity contribution in [3.63, 3.8) is 0 Å². The minimum absolute atomic E-state index is 0.746. The van der Waals surface area contributed by atoms with Crippen LogP contribution in [0.2, 0.25) is 0 Å². The Labute approximate surface area is 278 Å². The third-order valence-electron chi connectivity index (χ3n) is 10.2. The van der Waals surface area contributed by atoms with Gasteiger partial charge in [-0.1, -0.05) is 72.3 Å². The van der Waals surface area contributed by atoms with Gasteiger partial charge in [-0.15, -0.1) is 0 Å². The number of anilines is 4. The summed E-state index contributed by atoms with van der Waals surface area (Å²) in [6, 6.07) is 44.5. The Morgan fingerprint density at radius 1 is 0.521 bits per heavy atom. The van der Waals surface area contributed by atoms with Gasteiger partial charge in [-0.3, -0.25) is 4.40 Å². The fraction of sp³-hybridized carbons (Fsp3) is 0.0930. The average Bonchev–Trinajstić information content (AvgIpc) is 3.82. The molecule has 0 atom stereocenters. The number of aryl methyl sites for hydroxylation is 3. The Morgan fingerprint density at radius 2 is 1.19 bits per heavy atom. The molecule has 0 spiro atoms. The van der Waals surface area contributed by atoms with Gasteiger partial charge in [0.15, 0.2) is 0 Å². The van der Waals surface area contributed by atoms with E-state index in [-0.39, 0.29) is 0 Å². The SMILES string of the molecule is Cc1cc(C)c(N2CN(c3cccc(-n4c5ccccc5c5cc6c7ccccc7n7ccnc7c6cc54)c3)c3ccccc32)c(C)c1. The maximum absolute atomic E-state index is 4.84. The lowest BCUT2D eigenvalue weighted by atomic mass is 10.0. The molecule has 5 nitrogen and oxygen atoms in total. The lowest BCUT2D eigenvalue weighted by Crippen LogP contribution is -2.25. The number of aromatic nitrogens is 3. The second-order valence-electron chi connectivity index (χ2n) is 13.2. The molecule has 48 heavy (non-hydrogen) atoms. The quantitative estimate of drug-likeness (QED) is 0.184. The summed E-state index contributed by atoms with van der Waals surface area (Å²) in [5.74, 6) is 0. The van der Waals surface area contributed by atoms with Crippen molar-refractivity contribution in [2.24, 2.45) is 0 Å². The first-order valence-electron chi connectivity index (χ1n) is 16.6. The summed E-state index contributed by atoms with van der Waals surface area (Å²) in [6.45, 7) is 7.38. The van der Waals surface area contributed by atoms with Crippen LogP contribution < -0.4 is 9.80 Å². The lowest BCUT2D eigenvalue weighted by Gasteiger charge is -2.26. The average molecular weight is 620 g/mol. The third-order valence-corrected chi connectivity index (χ3v) is 10.2. The number of nitrogens with zero attached hydrogens (tertiary/aromatic N) is 5. The molecular formula is C43H33N5. The molecule has 0 amide bonds. The van der Waals surface area contributed by atoms with Gasteiger partial charge in [-0.2, -0.15) is 0 Å². The molecule has 6 aromatic carbocycles. The summed E-state index contributed by atoms with van der Waals surface area (Å²) in [5, 5.41) is 6.10. The van der Waals surface area contributed by atoms with Gasteiger partial charge < -0.3 is 14.4 Å². The first-order valence-corrected chi connectivity index (χ1v) is 16.6. The van der Waals surface area contributed by atoms with E-state index in [1.54, 1.807) is 0 Å². The number of pyridine rings is 1. The summed E-state index contributed by atoms with van der Waals surface area (Å²) < 4.78 is 4.64. The number of fused-ring (bicyclic) bond motifs is 10. The summed E-state index contributed by atoms with van der Waals surface area (Å²) >= 11 is 0. The zero-order chi connectivity index (χ0) is 32.1. The largest absolute Gasteiger partial charge is 0.321 e. The predicted molar refractivity (Wildman–Crippen MR) is 201 cm³/mol. The van der Waals surface area contributed by atoms with Crippen LogP contribution in [0.15, 0.2) is 134 Å². The molecule has 0 N–H and O–H groups in total. The van der Waals surface area contributed by atoms with Crippen molar-refractivity contribution in [2.75, 3.05) is 16.5 Å². The Hall–Kier alpha value is -6.07. The molecule has 0 unspecified atom stereocenters. The van der Waals surface area contributed by atoms with Gasteiger partial charge in [0.25, 0.3) is 0 Å². The van der Waals surface area contributed by atoms with Crippen LogP contribution in [-0.2, 0) is 0 Å². The van der Waals surface area contributed by atoms with E-state index in [0.29, 0.717) is 0 Å². The fourth-order valence-electron chi connectivity index (χ4n) is 8.33. The highest BCUT2D eigenvalue weighted by Gasteiger charge is 2.30. The van der Waals surface area contributed by atoms with Crippen LogP contribution >= 0.6 is 0 Å². The summed E-state index contributed by atoms with van der Waals surface area (Å²) in [6.07, 6.45) is 3.97. The van der Waals surface area contributed by atoms with E-state index in [2.05, 4.69) is 167 Å². The van der Waals surface area contributed by atoms with Crippen LogP contribution in [0.5, 0.6) is 0 Å². The van der Waals surface area contributed by atoms with Crippen molar-refractivity contribution >= 4 is 71.9 Å². The van der Waals surface area contributed by atoms with Gasteiger partial charge in [0.05, 0.1) is 27.9 Å². The summed E-state index contributed by atoms with van der Waals surface area (Å²) in [5.41, 5.74) is 14.5. The molecule has 0 saturated carbocycles. The van der Waals surface area contributed by atoms with E-state index in [4.69, 9.17) is 4.98 Å². The van der Waals surface area contributed by atoms with Gasteiger partial charge in [-0.05, 0) is 91.9 Å². The summed E-state index contributed by atoms with van der Waals surface area (Å²) in [4.78, 5) is 9.76. The maximum Gasteiger partial charge on any atom is 0.145 e. The van der Waals surface area contributed by atoms with Crippen molar-refractivity contribution in [1.29, 1.82) is 0 Å². The van der Waals surface area contributed by atoms with Gasteiger partial charge in [0, 0.05) is 51.0 Å². The molecule has 5 heteroatoms. The number of hydrogen-bond donors (Lipinski definition) is 0. The highest BCUT2D eigenvalue weighted by Crippen LogP contribution is 2.46. The molecule has 0 fully saturated rings. The zero-order valence-corrected chi connectivity index (χ0v) is 27.1.